The summed E-state index contributed by atoms with van der Waals surface area (Å²) in [6.07, 6.45) is 4.84. The molecule has 0 amide bonds. The fourth-order valence-corrected chi connectivity index (χ4v) is 3.32. The second-order valence-corrected chi connectivity index (χ2v) is 6.23. The lowest BCUT2D eigenvalue weighted by atomic mass is 10.2. The monoisotopic (exact) mass is 308 g/mol. The molecule has 2 aromatic rings. The van der Waals surface area contributed by atoms with Gasteiger partial charge in [0.15, 0.2) is 0 Å². The van der Waals surface area contributed by atoms with Crippen LogP contribution in [0.15, 0.2) is 12.4 Å². The molecule has 0 spiro atoms. The highest BCUT2D eigenvalue weighted by Crippen LogP contribution is 2.29. The van der Waals surface area contributed by atoms with E-state index in [4.69, 9.17) is 4.74 Å². The Morgan fingerprint density at radius 3 is 2.90 bits per heavy atom. The molecule has 0 aliphatic rings. The number of anilines is 1. The van der Waals surface area contributed by atoms with E-state index in [2.05, 4.69) is 40.6 Å². The number of hydrogen-bond donors (Lipinski definition) is 1. The average Bonchev–Trinajstić information content (AvgIpc) is 3.04. The Bertz CT molecular complexity index is 564. The molecule has 0 aromatic carbocycles. The Labute approximate surface area is 130 Å². The van der Waals surface area contributed by atoms with E-state index in [0.29, 0.717) is 0 Å². The van der Waals surface area contributed by atoms with E-state index in [-0.39, 0.29) is 6.04 Å². The van der Waals surface area contributed by atoms with Crippen molar-refractivity contribution in [2.45, 2.75) is 40.2 Å². The Morgan fingerprint density at radius 2 is 2.24 bits per heavy atom. The van der Waals surface area contributed by atoms with Crippen LogP contribution in [0.3, 0.4) is 0 Å². The maximum Gasteiger partial charge on any atom is 0.203 e. The minimum absolute atomic E-state index is 0.244. The number of aromatic nitrogens is 3. The first-order valence-corrected chi connectivity index (χ1v) is 8.23. The van der Waals surface area contributed by atoms with Gasteiger partial charge < -0.3 is 14.6 Å². The summed E-state index contributed by atoms with van der Waals surface area (Å²) in [6, 6.07) is 0.244. The van der Waals surface area contributed by atoms with E-state index in [1.165, 1.54) is 4.88 Å². The maximum atomic E-state index is 5.34. The van der Waals surface area contributed by atoms with Crippen molar-refractivity contribution in [3.63, 3.8) is 0 Å². The van der Waals surface area contributed by atoms with Gasteiger partial charge in [-0.2, -0.15) is 0 Å². The van der Waals surface area contributed by atoms with E-state index >= 15 is 0 Å². The number of imidazole rings is 1. The molecule has 2 heterocycles. The summed E-state index contributed by atoms with van der Waals surface area (Å²) in [5.74, 6) is 0.907. The SMILES string of the molecule is CCOCCCNc1nccn1C(C)c1sc(C)nc1C. The lowest BCUT2D eigenvalue weighted by Gasteiger charge is -2.16. The molecule has 0 saturated heterocycles. The van der Waals surface area contributed by atoms with Crippen LogP contribution in [0.25, 0.3) is 0 Å². The van der Waals surface area contributed by atoms with Gasteiger partial charge >= 0.3 is 0 Å². The smallest absolute Gasteiger partial charge is 0.203 e. The van der Waals surface area contributed by atoms with Gasteiger partial charge in [-0.15, -0.1) is 11.3 Å². The molecule has 2 aromatic heterocycles. The summed E-state index contributed by atoms with van der Waals surface area (Å²) in [7, 11) is 0. The number of nitrogens with zero attached hydrogens (tertiary/aromatic N) is 3. The zero-order chi connectivity index (χ0) is 15.2. The van der Waals surface area contributed by atoms with E-state index in [9.17, 15) is 0 Å². The minimum Gasteiger partial charge on any atom is -0.382 e. The van der Waals surface area contributed by atoms with Crippen LogP contribution in [-0.4, -0.2) is 34.3 Å². The van der Waals surface area contributed by atoms with Gasteiger partial charge in [-0.3, -0.25) is 0 Å². The van der Waals surface area contributed by atoms with Crippen LogP contribution >= 0.6 is 11.3 Å². The van der Waals surface area contributed by atoms with Gasteiger partial charge in [0.1, 0.15) is 0 Å². The number of thiazole rings is 1. The van der Waals surface area contributed by atoms with Crippen molar-refractivity contribution in [3.05, 3.63) is 28.0 Å². The van der Waals surface area contributed by atoms with Gasteiger partial charge in [0.05, 0.1) is 21.6 Å². The second-order valence-electron chi connectivity index (χ2n) is 4.99. The van der Waals surface area contributed by atoms with Crippen LogP contribution in [0.2, 0.25) is 0 Å². The standard InChI is InChI=1S/C15H24N4OS/c1-5-20-10-6-7-16-15-17-8-9-19(15)12(3)14-11(2)18-13(4)21-14/h8-9,12H,5-7,10H2,1-4H3,(H,16,17). The van der Waals surface area contributed by atoms with Crippen molar-refractivity contribution in [2.24, 2.45) is 0 Å². The van der Waals surface area contributed by atoms with E-state index in [1.54, 1.807) is 11.3 Å². The maximum absolute atomic E-state index is 5.34. The summed E-state index contributed by atoms with van der Waals surface area (Å²) in [6.45, 7) is 10.7. The third-order valence-electron chi connectivity index (χ3n) is 3.36. The summed E-state index contributed by atoms with van der Waals surface area (Å²) < 4.78 is 7.51. The number of ether oxygens (including phenoxy) is 1. The van der Waals surface area contributed by atoms with Crippen LogP contribution in [-0.2, 0) is 4.74 Å². The molecule has 1 atom stereocenters. The molecule has 0 aliphatic carbocycles. The van der Waals surface area contributed by atoms with Crippen LogP contribution in [0.4, 0.5) is 5.95 Å². The van der Waals surface area contributed by atoms with Crippen molar-refractivity contribution in [3.8, 4) is 0 Å². The van der Waals surface area contributed by atoms with Crippen molar-refractivity contribution >= 4 is 17.3 Å². The molecule has 1 N–H and O–H groups in total. The van der Waals surface area contributed by atoms with Crippen LogP contribution < -0.4 is 5.32 Å². The Kier molecular flexibility index (Phi) is 5.76. The minimum atomic E-state index is 0.244. The molecule has 5 nitrogen and oxygen atoms in total. The molecular formula is C15H24N4OS. The number of aryl methyl sites for hydroxylation is 2. The highest BCUT2D eigenvalue weighted by atomic mass is 32.1. The Hall–Kier alpha value is -1.40. The van der Waals surface area contributed by atoms with E-state index in [1.807, 2.05) is 19.3 Å². The Balaban J connectivity index is 2.00. The molecule has 2 rings (SSSR count). The summed E-state index contributed by atoms with van der Waals surface area (Å²) in [4.78, 5) is 10.2. The molecule has 0 fully saturated rings. The van der Waals surface area contributed by atoms with E-state index in [0.717, 1.165) is 42.8 Å². The highest BCUT2D eigenvalue weighted by Gasteiger charge is 2.17. The van der Waals surface area contributed by atoms with Crippen LogP contribution in [0.1, 0.15) is 41.9 Å². The molecule has 0 bridgehead atoms. The zero-order valence-corrected chi connectivity index (χ0v) is 14.0. The molecule has 21 heavy (non-hydrogen) atoms. The molecule has 0 saturated carbocycles. The molecule has 116 valence electrons. The first-order chi connectivity index (χ1) is 10.1. The topological polar surface area (TPSA) is 52.0 Å². The summed E-state index contributed by atoms with van der Waals surface area (Å²) in [5.41, 5.74) is 1.11. The quantitative estimate of drug-likeness (QED) is 0.759. The fourth-order valence-electron chi connectivity index (χ4n) is 2.34. The predicted molar refractivity (Wildman–Crippen MR) is 87.2 cm³/mol. The first kappa shape index (κ1) is 16.0. The molecule has 1 unspecified atom stereocenters. The normalized spacial score (nSPS) is 12.6. The fraction of sp³-hybridized carbons (Fsp3) is 0.600. The van der Waals surface area contributed by atoms with Crippen LogP contribution in [0, 0.1) is 13.8 Å². The van der Waals surface area contributed by atoms with Gasteiger partial charge in [0, 0.05) is 32.2 Å². The first-order valence-electron chi connectivity index (χ1n) is 7.41. The van der Waals surface area contributed by atoms with Crippen molar-refractivity contribution in [1.82, 2.24) is 14.5 Å². The molecule has 0 aliphatic heterocycles. The third kappa shape index (κ3) is 4.04. The number of hydrogen-bond acceptors (Lipinski definition) is 5. The summed E-state index contributed by atoms with van der Waals surface area (Å²) in [5, 5.41) is 4.50. The van der Waals surface area contributed by atoms with E-state index < -0.39 is 0 Å². The zero-order valence-electron chi connectivity index (χ0n) is 13.2. The molecule has 6 heteroatoms. The lowest BCUT2D eigenvalue weighted by Crippen LogP contribution is -2.13. The largest absolute Gasteiger partial charge is 0.382 e. The van der Waals surface area contributed by atoms with Crippen molar-refractivity contribution in [2.75, 3.05) is 25.1 Å². The second kappa shape index (κ2) is 7.56. The van der Waals surface area contributed by atoms with Gasteiger partial charge in [-0.05, 0) is 34.1 Å². The van der Waals surface area contributed by atoms with Crippen molar-refractivity contribution in [1.29, 1.82) is 0 Å². The number of nitrogens with one attached hydrogen (secondary N) is 1. The highest BCUT2D eigenvalue weighted by molar-refractivity contribution is 7.11. The van der Waals surface area contributed by atoms with Crippen LogP contribution in [0.5, 0.6) is 0 Å². The molecule has 0 radical (unpaired) electrons. The van der Waals surface area contributed by atoms with Gasteiger partial charge in [0.25, 0.3) is 0 Å². The lowest BCUT2D eigenvalue weighted by molar-refractivity contribution is 0.147. The average molecular weight is 308 g/mol. The van der Waals surface area contributed by atoms with Crippen molar-refractivity contribution < 1.29 is 4.74 Å². The van der Waals surface area contributed by atoms with Gasteiger partial charge in [0.2, 0.25) is 5.95 Å². The predicted octanol–water partition coefficient (Wildman–Crippen LogP) is 3.40. The Morgan fingerprint density at radius 1 is 1.43 bits per heavy atom. The molecular weight excluding hydrogens is 284 g/mol. The van der Waals surface area contributed by atoms with Gasteiger partial charge in [-0.25, -0.2) is 9.97 Å². The van der Waals surface area contributed by atoms with Gasteiger partial charge in [-0.1, -0.05) is 0 Å². The number of rotatable bonds is 8. The summed E-state index contributed by atoms with van der Waals surface area (Å²) >= 11 is 1.76. The third-order valence-corrected chi connectivity index (χ3v) is 4.60.